The van der Waals surface area contributed by atoms with Crippen molar-refractivity contribution in [2.24, 2.45) is 5.92 Å². The third kappa shape index (κ3) is 3.82. The second kappa shape index (κ2) is 7.42. The molecular formula is C20H23NO6. The van der Waals surface area contributed by atoms with Gasteiger partial charge < -0.3 is 19.2 Å². The number of rotatable bonds is 5. The Balaban J connectivity index is 1.63. The van der Waals surface area contributed by atoms with Gasteiger partial charge in [0.05, 0.1) is 13.0 Å². The van der Waals surface area contributed by atoms with Gasteiger partial charge in [0.25, 0.3) is 5.91 Å². The minimum absolute atomic E-state index is 0.0482. The number of benzene rings is 1. The molecule has 0 saturated heterocycles. The van der Waals surface area contributed by atoms with Gasteiger partial charge >= 0.3 is 11.6 Å². The van der Waals surface area contributed by atoms with Gasteiger partial charge in [0, 0.05) is 23.1 Å². The van der Waals surface area contributed by atoms with Crippen LogP contribution >= 0.6 is 0 Å². The highest BCUT2D eigenvalue weighted by molar-refractivity contribution is 5.83. The number of aryl methyl sites for hydroxylation is 1. The van der Waals surface area contributed by atoms with Gasteiger partial charge in [-0.1, -0.05) is 0 Å². The maximum absolute atomic E-state index is 12.3. The summed E-state index contributed by atoms with van der Waals surface area (Å²) in [6.07, 6.45) is 0.424. The molecule has 144 valence electrons. The largest absolute Gasteiger partial charge is 0.481 e. The number of nitrogens with one attached hydrogen (secondary N) is 1. The van der Waals surface area contributed by atoms with E-state index in [9.17, 15) is 14.4 Å². The van der Waals surface area contributed by atoms with Crippen molar-refractivity contribution in [2.75, 3.05) is 7.11 Å². The summed E-state index contributed by atoms with van der Waals surface area (Å²) < 4.78 is 15.7. The predicted molar refractivity (Wildman–Crippen MR) is 98.7 cm³/mol. The quantitative estimate of drug-likeness (QED) is 0.638. The fraction of sp³-hybridized carbons (Fsp3) is 0.450. The minimum Gasteiger partial charge on any atom is -0.481 e. The Morgan fingerprint density at radius 1 is 1.22 bits per heavy atom. The first-order chi connectivity index (χ1) is 12.8. The summed E-state index contributed by atoms with van der Waals surface area (Å²) in [6, 6.07) is 5.12. The molecule has 1 amide bonds. The fourth-order valence-corrected chi connectivity index (χ4v) is 3.17. The number of ether oxygens (including phenoxy) is 2. The highest BCUT2D eigenvalue weighted by Gasteiger charge is 2.36. The van der Waals surface area contributed by atoms with Crippen LogP contribution in [0, 0.1) is 19.8 Å². The van der Waals surface area contributed by atoms with Gasteiger partial charge in [-0.05, 0) is 51.3 Å². The van der Waals surface area contributed by atoms with E-state index in [0.29, 0.717) is 29.7 Å². The zero-order valence-electron chi connectivity index (χ0n) is 15.8. The summed E-state index contributed by atoms with van der Waals surface area (Å²) in [5.74, 6) is -0.206. The van der Waals surface area contributed by atoms with E-state index in [2.05, 4.69) is 10.1 Å². The topological polar surface area (TPSA) is 94.8 Å². The van der Waals surface area contributed by atoms with Crippen LogP contribution in [0.15, 0.2) is 27.4 Å². The van der Waals surface area contributed by atoms with Crippen LogP contribution in [0.1, 0.15) is 30.9 Å². The molecule has 7 nitrogen and oxygen atoms in total. The van der Waals surface area contributed by atoms with Crippen molar-refractivity contribution in [3.63, 3.8) is 0 Å². The van der Waals surface area contributed by atoms with Crippen molar-refractivity contribution in [1.82, 2.24) is 5.32 Å². The van der Waals surface area contributed by atoms with E-state index < -0.39 is 6.10 Å². The van der Waals surface area contributed by atoms with Crippen molar-refractivity contribution in [1.29, 1.82) is 0 Å². The number of hydrogen-bond acceptors (Lipinski definition) is 6. The number of carbonyl (C=O) groups excluding carboxylic acids is 2. The molecule has 0 spiro atoms. The van der Waals surface area contributed by atoms with Crippen LogP contribution in [0.25, 0.3) is 11.0 Å². The molecule has 1 atom stereocenters. The molecule has 1 aliphatic carbocycles. The molecule has 1 aromatic carbocycles. The number of fused-ring (bicyclic) bond motifs is 1. The van der Waals surface area contributed by atoms with E-state index in [1.54, 1.807) is 26.0 Å². The monoisotopic (exact) mass is 373 g/mol. The van der Waals surface area contributed by atoms with Gasteiger partial charge in [-0.3, -0.25) is 9.59 Å². The lowest BCUT2D eigenvalue weighted by Crippen LogP contribution is -2.50. The number of amides is 1. The average Bonchev–Trinajstić information content (AvgIpc) is 2.61. The molecule has 1 aliphatic rings. The highest BCUT2D eigenvalue weighted by atomic mass is 16.5. The van der Waals surface area contributed by atoms with E-state index in [1.807, 2.05) is 13.0 Å². The molecule has 2 aromatic rings. The average molecular weight is 373 g/mol. The van der Waals surface area contributed by atoms with Crippen LogP contribution in [0.2, 0.25) is 0 Å². The third-order valence-electron chi connectivity index (χ3n) is 5.13. The lowest BCUT2D eigenvalue weighted by Gasteiger charge is -2.34. The molecule has 1 saturated carbocycles. The van der Waals surface area contributed by atoms with Crippen molar-refractivity contribution in [2.45, 2.75) is 45.8 Å². The van der Waals surface area contributed by atoms with E-state index in [-0.39, 0.29) is 29.5 Å². The normalized spacial score (nSPS) is 19.9. The van der Waals surface area contributed by atoms with Crippen molar-refractivity contribution in [3.8, 4) is 5.75 Å². The predicted octanol–water partition coefficient (Wildman–Crippen LogP) is 2.24. The Labute approximate surface area is 156 Å². The maximum atomic E-state index is 12.3. The minimum atomic E-state index is -0.724. The molecule has 0 bridgehead atoms. The van der Waals surface area contributed by atoms with E-state index >= 15 is 0 Å². The Hall–Kier alpha value is -2.83. The molecule has 27 heavy (non-hydrogen) atoms. The molecule has 1 unspecified atom stereocenters. The molecule has 0 aliphatic heterocycles. The standard InChI is InChI=1S/C20H23NO6/c1-10-11(2)19(23)27-17-9-15(5-6-16(10)17)26-12(3)18(22)21-14-7-13(8-14)20(24)25-4/h5-6,9,12-14H,7-8H2,1-4H3,(H,21,22). The molecule has 1 N–H and O–H groups in total. The molecule has 1 fully saturated rings. The number of esters is 1. The third-order valence-corrected chi connectivity index (χ3v) is 5.13. The van der Waals surface area contributed by atoms with E-state index in [4.69, 9.17) is 9.15 Å². The SMILES string of the molecule is COC(=O)C1CC(NC(=O)C(C)Oc2ccc3c(C)c(C)c(=O)oc3c2)C1. The number of hydrogen-bond donors (Lipinski definition) is 1. The van der Waals surface area contributed by atoms with Gasteiger partial charge in [-0.25, -0.2) is 4.79 Å². The van der Waals surface area contributed by atoms with E-state index in [1.165, 1.54) is 7.11 Å². The Morgan fingerprint density at radius 3 is 2.59 bits per heavy atom. The Morgan fingerprint density at radius 2 is 1.93 bits per heavy atom. The highest BCUT2D eigenvalue weighted by Crippen LogP contribution is 2.29. The van der Waals surface area contributed by atoms with Crippen LogP contribution in [-0.2, 0) is 14.3 Å². The second-order valence-electron chi connectivity index (χ2n) is 6.95. The number of carbonyl (C=O) groups is 2. The molecule has 3 rings (SSSR count). The maximum Gasteiger partial charge on any atom is 0.339 e. The summed E-state index contributed by atoms with van der Waals surface area (Å²) in [7, 11) is 1.36. The summed E-state index contributed by atoms with van der Waals surface area (Å²) in [6.45, 7) is 5.24. The Bertz CT molecular complexity index is 941. The van der Waals surface area contributed by atoms with Gasteiger partial charge in [0.1, 0.15) is 11.3 Å². The van der Waals surface area contributed by atoms with Crippen molar-refractivity contribution >= 4 is 22.8 Å². The van der Waals surface area contributed by atoms with Gasteiger partial charge in [0.15, 0.2) is 6.10 Å². The fourth-order valence-electron chi connectivity index (χ4n) is 3.17. The second-order valence-corrected chi connectivity index (χ2v) is 6.95. The number of methoxy groups -OCH3 is 1. The zero-order chi connectivity index (χ0) is 19.7. The van der Waals surface area contributed by atoms with E-state index in [0.717, 1.165) is 10.9 Å². The van der Waals surface area contributed by atoms with Crippen LogP contribution in [0.3, 0.4) is 0 Å². The van der Waals surface area contributed by atoms with Gasteiger partial charge in [-0.15, -0.1) is 0 Å². The summed E-state index contributed by atoms with van der Waals surface area (Å²) in [5, 5.41) is 3.70. The molecule has 0 radical (unpaired) electrons. The van der Waals surface area contributed by atoms with Crippen LogP contribution in [0.5, 0.6) is 5.75 Å². The van der Waals surface area contributed by atoms with Crippen LogP contribution in [0.4, 0.5) is 0 Å². The zero-order valence-corrected chi connectivity index (χ0v) is 15.8. The smallest absolute Gasteiger partial charge is 0.339 e. The van der Waals surface area contributed by atoms with Crippen LogP contribution in [-0.4, -0.2) is 31.1 Å². The van der Waals surface area contributed by atoms with Crippen LogP contribution < -0.4 is 15.7 Å². The lowest BCUT2D eigenvalue weighted by molar-refractivity contribution is -0.150. The first kappa shape index (κ1) is 18.9. The first-order valence-electron chi connectivity index (χ1n) is 8.89. The summed E-state index contributed by atoms with van der Waals surface area (Å²) >= 11 is 0. The molecular weight excluding hydrogens is 350 g/mol. The van der Waals surface area contributed by atoms with Gasteiger partial charge in [0.2, 0.25) is 0 Å². The van der Waals surface area contributed by atoms with Crippen molar-refractivity contribution < 1.29 is 23.5 Å². The molecule has 7 heteroatoms. The Kier molecular flexibility index (Phi) is 5.21. The lowest BCUT2D eigenvalue weighted by atomic mass is 9.80. The summed E-state index contributed by atoms with van der Waals surface area (Å²) in [4.78, 5) is 35.5. The van der Waals surface area contributed by atoms with Crippen molar-refractivity contribution in [3.05, 3.63) is 39.7 Å². The first-order valence-corrected chi connectivity index (χ1v) is 8.89. The molecule has 1 aromatic heterocycles. The summed E-state index contributed by atoms with van der Waals surface area (Å²) in [5.41, 5.74) is 1.49. The van der Waals surface area contributed by atoms with Gasteiger partial charge in [-0.2, -0.15) is 0 Å². The molecule has 1 heterocycles.